The van der Waals surface area contributed by atoms with Gasteiger partial charge in [-0.15, -0.1) is 0 Å². The molecule has 0 saturated heterocycles. The number of ketones is 1. The second kappa shape index (κ2) is 7.75. The fraction of sp³-hybridized carbons (Fsp3) is 0.176. The van der Waals surface area contributed by atoms with E-state index in [1.54, 1.807) is 31.2 Å². The van der Waals surface area contributed by atoms with Crippen molar-refractivity contribution in [2.24, 2.45) is 0 Å². The van der Waals surface area contributed by atoms with Gasteiger partial charge in [-0.05, 0) is 43.3 Å². The summed E-state index contributed by atoms with van der Waals surface area (Å²) in [5.41, 5.74) is 0.412. The quantitative estimate of drug-likeness (QED) is 0.337. The van der Waals surface area contributed by atoms with Crippen molar-refractivity contribution in [3.05, 3.63) is 60.2 Å². The molecule has 1 unspecified atom stereocenters. The number of rotatable bonds is 6. The Kier molecular flexibility index (Phi) is 5.72. The first-order valence-corrected chi connectivity index (χ1v) is 7.71. The first-order chi connectivity index (χ1) is 10.6. The lowest BCUT2D eigenvalue weighted by Gasteiger charge is -2.09. The van der Waals surface area contributed by atoms with Gasteiger partial charge in [-0.25, -0.2) is 0 Å². The number of carbonyl (C=O) groups excluding carboxylic acids is 2. The maximum absolute atomic E-state index is 12.1. The Morgan fingerprint density at radius 1 is 1.00 bits per heavy atom. The van der Waals surface area contributed by atoms with E-state index in [4.69, 9.17) is 9.47 Å². The standard InChI is InChI=1S/C17H15BrO4/c1-2-21-17(20)15(18)16(19)12-8-10-14(11-9-12)22-13-6-4-3-5-7-13/h3-11,15H,2H2,1H3. The summed E-state index contributed by atoms with van der Waals surface area (Å²) in [4.78, 5) is 22.7. The van der Waals surface area contributed by atoms with Crippen LogP contribution in [0.25, 0.3) is 0 Å². The average molecular weight is 363 g/mol. The predicted molar refractivity (Wildman–Crippen MR) is 86.6 cm³/mol. The lowest BCUT2D eigenvalue weighted by atomic mass is 10.1. The smallest absolute Gasteiger partial charge is 0.327 e. The zero-order chi connectivity index (χ0) is 15.9. The van der Waals surface area contributed by atoms with Crippen LogP contribution in [0.15, 0.2) is 54.6 Å². The Bertz CT molecular complexity index is 637. The third-order valence-corrected chi connectivity index (χ3v) is 3.63. The van der Waals surface area contributed by atoms with Gasteiger partial charge in [0.15, 0.2) is 10.6 Å². The van der Waals surface area contributed by atoms with Crippen LogP contribution in [0.2, 0.25) is 0 Å². The van der Waals surface area contributed by atoms with Crippen molar-refractivity contribution in [2.75, 3.05) is 6.61 Å². The molecule has 2 aromatic rings. The average Bonchev–Trinajstić information content (AvgIpc) is 2.55. The lowest BCUT2D eigenvalue weighted by Crippen LogP contribution is -2.26. The number of hydrogen-bond acceptors (Lipinski definition) is 4. The molecule has 114 valence electrons. The molecule has 22 heavy (non-hydrogen) atoms. The summed E-state index contributed by atoms with van der Waals surface area (Å²) in [5, 5.41) is 0. The number of esters is 1. The maximum atomic E-state index is 12.1. The molecule has 0 N–H and O–H groups in total. The fourth-order valence-electron chi connectivity index (χ4n) is 1.78. The number of alkyl halides is 1. The van der Waals surface area contributed by atoms with Crippen LogP contribution in [-0.4, -0.2) is 23.2 Å². The van der Waals surface area contributed by atoms with Gasteiger partial charge >= 0.3 is 5.97 Å². The summed E-state index contributed by atoms with van der Waals surface area (Å²) in [5.74, 6) is 0.401. The number of carbonyl (C=O) groups is 2. The first-order valence-electron chi connectivity index (χ1n) is 6.79. The van der Waals surface area contributed by atoms with E-state index >= 15 is 0 Å². The number of ether oxygens (including phenoxy) is 2. The van der Waals surface area contributed by atoms with Crippen LogP contribution >= 0.6 is 15.9 Å². The summed E-state index contributed by atoms with van der Waals surface area (Å²) in [6.45, 7) is 1.93. The molecule has 0 aliphatic heterocycles. The highest BCUT2D eigenvalue weighted by Gasteiger charge is 2.25. The fourth-order valence-corrected chi connectivity index (χ4v) is 2.18. The van der Waals surface area contributed by atoms with Gasteiger partial charge in [0.25, 0.3) is 0 Å². The van der Waals surface area contributed by atoms with Crippen molar-refractivity contribution in [3.63, 3.8) is 0 Å². The van der Waals surface area contributed by atoms with Crippen molar-refractivity contribution in [1.29, 1.82) is 0 Å². The molecule has 1 atom stereocenters. The van der Waals surface area contributed by atoms with Crippen LogP contribution in [0, 0.1) is 0 Å². The highest BCUT2D eigenvalue weighted by Crippen LogP contribution is 2.22. The van der Waals surface area contributed by atoms with Gasteiger partial charge in [-0.1, -0.05) is 34.1 Å². The van der Waals surface area contributed by atoms with E-state index in [1.165, 1.54) is 0 Å². The molecule has 5 heteroatoms. The van der Waals surface area contributed by atoms with Crippen LogP contribution in [0.1, 0.15) is 17.3 Å². The second-order valence-electron chi connectivity index (χ2n) is 4.42. The molecule has 0 radical (unpaired) electrons. The van der Waals surface area contributed by atoms with Gasteiger partial charge in [-0.2, -0.15) is 0 Å². The Labute approximate surface area is 137 Å². The van der Waals surface area contributed by atoms with E-state index in [0.29, 0.717) is 17.1 Å². The van der Waals surface area contributed by atoms with E-state index in [-0.39, 0.29) is 12.4 Å². The second-order valence-corrected chi connectivity index (χ2v) is 5.33. The molecule has 2 aromatic carbocycles. The van der Waals surface area contributed by atoms with Gasteiger partial charge in [-0.3, -0.25) is 9.59 Å². The summed E-state index contributed by atoms with van der Waals surface area (Å²) in [6.07, 6.45) is 0. The van der Waals surface area contributed by atoms with Crippen LogP contribution in [0.3, 0.4) is 0 Å². The van der Waals surface area contributed by atoms with E-state index in [0.717, 1.165) is 0 Å². The van der Waals surface area contributed by atoms with Crippen molar-refractivity contribution >= 4 is 27.7 Å². The summed E-state index contributed by atoms with van der Waals surface area (Å²) in [7, 11) is 0. The lowest BCUT2D eigenvalue weighted by molar-refractivity contribution is -0.141. The monoisotopic (exact) mass is 362 g/mol. The largest absolute Gasteiger partial charge is 0.465 e. The molecule has 2 rings (SSSR count). The molecule has 0 spiro atoms. The normalized spacial score (nSPS) is 11.5. The van der Waals surface area contributed by atoms with Crippen LogP contribution in [0.4, 0.5) is 0 Å². The summed E-state index contributed by atoms with van der Waals surface area (Å²) >= 11 is 3.06. The summed E-state index contributed by atoms with van der Waals surface area (Å²) in [6, 6.07) is 15.9. The maximum Gasteiger partial charge on any atom is 0.327 e. The molecule has 0 heterocycles. The Morgan fingerprint density at radius 3 is 2.18 bits per heavy atom. The molecule has 0 aliphatic carbocycles. The zero-order valence-electron chi connectivity index (χ0n) is 12.0. The Morgan fingerprint density at radius 2 is 1.59 bits per heavy atom. The van der Waals surface area contributed by atoms with Crippen molar-refractivity contribution in [2.45, 2.75) is 11.8 Å². The molecule has 0 saturated carbocycles. The topological polar surface area (TPSA) is 52.6 Å². The highest BCUT2D eigenvalue weighted by molar-refractivity contribution is 9.10. The van der Waals surface area contributed by atoms with Crippen molar-refractivity contribution < 1.29 is 19.1 Å². The predicted octanol–water partition coefficient (Wildman–Crippen LogP) is 3.99. The minimum atomic E-state index is -0.992. The van der Waals surface area contributed by atoms with Crippen LogP contribution in [0.5, 0.6) is 11.5 Å². The molecule has 0 aliphatic rings. The molecule has 0 amide bonds. The molecular weight excluding hydrogens is 348 g/mol. The highest BCUT2D eigenvalue weighted by atomic mass is 79.9. The first kappa shape index (κ1) is 16.2. The minimum Gasteiger partial charge on any atom is -0.465 e. The number of benzene rings is 2. The molecule has 0 fully saturated rings. The molecular formula is C17H15BrO4. The molecule has 0 aromatic heterocycles. The Hall–Kier alpha value is -2.14. The van der Waals surface area contributed by atoms with Crippen LogP contribution < -0.4 is 4.74 Å². The van der Waals surface area contributed by atoms with E-state index in [9.17, 15) is 9.59 Å². The van der Waals surface area contributed by atoms with E-state index in [2.05, 4.69) is 15.9 Å². The minimum absolute atomic E-state index is 0.234. The van der Waals surface area contributed by atoms with Gasteiger partial charge in [0.05, 0.1) is 6.61 Å². The number of para-hydroxylation sites is 1. The van der Waals surface area contributed by atoms with Crippen molar-refractivity contribution in [3.8, 4) is 11.5 Å². The Balaban J connectivity index is 2.05. The van der Waals surface area contributed by atoms with Crippen molar-refractivity contribution in [1.82, 2.24) is 0 Å². The number of hydrogen-bond donors (Lipinski definition) is 0. The number of halogens is 1. The van der Waals surface area contributed by atoms with E-state index < -0.39 is 10.8 Å². The van der Waals surface area contributed by atoms with E-state index in [1.807, 2.05) is 30.3 Å². The summed E-state index contributed by atoms with van der Waals surface area (Å²) < 4.78 is 10.5. The number of Topliss-reactive ketones (excluding diaryl/α,β-unsaturated/α-hetero) is 1. The van der Waals surface area contributed by atoms with Gasteiger partial charge < -0.3 is 9.47 Å². The van der Waals surface area contributed by atoms with Gasteiger partial charge in [0.2, 0.25) is 0 Å². The zero-order valence-corrected chi connectivity index (χ0v) is 13.6. The van der Waals surface area contributed by atoms with Gasteiger partial charge in [0, 0.05) is 5.56 Å². The van der Waals surface area contributed by atoms with Gasteiger partial charge in [0.1, 0.15) is 11.5 Å². The molecule has 0 bridgehead atoms. The van der Waals surface area contributed by atoms with Crippen LogP contribution in [-0.2, 0) is 9.53 Å². The molecule has 4 nitrogen and oxygen atoms in total. The SMILES string of the molecule is CCOC(=O)C(Br)C(=O)c1ccc(Oc2ccccc2)cc1. The third-order valence-electron chi connectivity index (χ3n) is 2.84. The third kappa shape index (κ3) is 4.18.